The Morgan fingerprint density at radius 2 is 1.77 bits per heavy atom. The van der Waals surface area contributed by atoms with Gasteiger partial charge in [-0.15, -0.1) is 0 Å². The van der Waals surface area contributed by atoms with E-state index in [4.69, 9.17) is 21.7 Å². The predicted octanol–water partition coefficient (Wildman–Crippen LogP) is 3.51. The molecule has 2 N–H and O–H groups in total. The molecule has 0 amide bonds. The Labute approximate surface area is 135 Å². The van der Waals surface area contributed by atoms with Crippen LogP contribution in [0, 0.1) is 0 Å². The van der Waals surface area contributed by atoms with Gasteiger partial charge in [0.1, 0.15) is 13.2 Å². The van der Waals surface area contributed by atoms with E-state index in [1.54, 1.807) is 0 Å². The van der Waals surface area contributed by atoms with Gasteiger partial charge in [0.05, 0.1) is 6.04 Å². The standard InChI is InChI=1S/C17H18N2O2S/c1-12(18-17(22)19-14-5-3-2-4-6-14)13-7-8-15-16(11-13)21-10-9-20-15/h2-8,11-12H,9-10H2,1H3,(H2,18,19,22)/t12-/m1/s1. The highest BCUT2D eigenvalue weighted by Gasteiger charge is 2.14. The molecule has 114 valence electrons. The largest absolute Gasteiger partial charge is 0.486 e. The fourth-order valence-electron chi connectivity index (χ4n) is 2.30. The zero-order chi connectivity index (χ0) is 15.4. The highest BCUT2D eigenvalue weighted by molar-refractivity contribution is 7.80. The minimum atomic E-state index is 0.0690. The molecule has 2 aromatic carbocycles. The summed E-state index contributed by atoms with van der Waals surface area (Å²) in [6, 6.07) is 15.9. The van der Waals surface area contributed by atoms with Gasteiger partial charge in [0, 0.05) is 5.69 Å². The fraction of sp³-hybridized carbons (Fsp3) is 0.235. The number of thiocarbonyl (C=S) groups is 1. The van der Waals surface area contributed by atoms with E-state index in [1.807, 2.05) is 48.5 Å². The van der Waals surface area contributed by atoms with Gasteiger partial charge in [-0.05, 0) is 49.0 Å². The van der Waals surface area contributed by atoms with Crippen LogP contribution >= 0.6 is 12.2 Å². The third kappa shape index (κ3) is 3.49. The van der Waals surface area contributed by atoms with Gasteiger partial charge in [-0.1, -0.05) is 24.3 Å². The third-order valence-corrected chi connectivity index (χ3v) is 3.67. The molecule has 0 saturated carbocycles. The van der Waals surface area contributed by atoms with E-state index >= 15 is 0 Å². The lowest BCUT2D eigenvalue weighted by Gasteiger charge is -2.22. The van der Waals surface area contributed by atoms with Crippen molar-refractivity contribution in [2.45, 2.75) is 13.0 Å². The van der Waals surface area contributed by atoms with Crippen LogP contribution in [0.1, 0.15) is 18.5 Å². The Hall–Kier alpha value is -2.27. The Bertz CT molecular complexity index is 661. The molecular formula is C17H18N2O2S. The van der Waals surface area contributed by atoms with Crippen molar-refractivity contribution in [2.75, 3.05) is 18.5 Å². The molecule has 5 heteroatoms. The maximum Gasteiger partial charge on any atom is 0.171 e. The number of rotatable bonds is 3. The summed E-state index contributed by atoms with van der Waals surface area (Å²) in [5.74, 6) is 1.59. The summed E-state index contributed by atoms with van der Waals surface area (Å²) in [4.78, 5) is 0. The van der Waals surface area contributed by atoms with Crippen LogP contribution in [0.25, 0.3) is 0 Å². The average molecular weight is 314 g/mol. The number of nitrogens with one attached hydrogen (secondary N) is 2. The first-order valence-electron chi connectivity index (χ1n) is 7.24. The first-order valence-corrected chi connectivity index (χ1v) is 7.65. The Balaban J connectivity index is 1.64. The van der Waals surface area contributed by atoms with Crippen molar-refractivity contribution in [3.8, 4) is 11.5 Å². The number of hydrogen-bond donors (Lipinski definition) is 2. The summed E-state index contributed by atoms with van der Waals surface area (Å²) in [5, 5.41) is 7.04. The van der Waals surface area contributed by atoms with Crippen molar-refractivity contribution < 1.29 is 9.47 Å². The molecule has 22 heavy (non-hydrogen) atoms. The van der Waals surface area contributed by atoms with Crippen molar-refractivity contribution >= 4 is 23.0 Å². The summed E-state index contributed by atoms with van der Waals surface area (Å²) in [7, 11) is 0. The van der Waals surface area contributed by atoms with Gasteiger partial charge < -0.3 is 20.1 Å². The summed E-state index contributed by atoms with van der Waals surface area (Å²) in [6.45, 7) is 3.25. The molecule has 1 aliphatic rings. The minimum Gasteiger partial charge on any atom is -0.486 e. The van der Waals surface area contributed by atoms with E-state index in [2.05, 4.69) is 17.6 Å². The van der Waals surface area contributed by atoms with Crippen LogP contribution in [0.5, 0.6) is 11.5 Å². The summed E-state index contributed by atoms with van der Waals surface area (Å²) < 4.78 is 11.1. The second kappa shape index (κ2) is 6.66. The maximum absolute atomic E-state index is 5.61. The van der Waals surface area contributed by atoms with Crippen molar-refractivity contribution in [3.05, 3.63) is 54.1 Å². The Kier molecular flexibility index (Phi) is 4.44. The zero-order valence-corrected chi connectivity index (χ0v) is 13.2. The van der Waals surface area contributed by atoms with Crippen LogP contribution in [0.2, 0.25) is 0 Å². The van der Waals surface area contributed by atoms with Crippen LogP contribution < -0.4 is 20.1 Å². The smallest absolute Gasteiger partial charge is 0.171 e. The van der Waals surface area contributed by atoms with Crippen LogP contribution in [-0.2, 0) is 0 Å². The Morgan fingerprint density at radius 3 is 2.55 bits per heavy atom. The highest BCUT2D eigenvalue weighted by atomic mass is 32.1. The normalized spacial score (nSPS) is 14.0. The van der Waals surface area contributed by atoms with E-state index < -0.39 is 0 Å². The molecule has 0 aliphatic carbocycles. The molecule has 0 saturated heterocycles. The van der Waals surface area contributed by atoms with Crippen molar-refractivity contribution in [3.63, 3.8) is 0 Å². The van der Waals surface area contributed by atoms with Crippen LogP contribution in [0.15, 0.2) is 48.5 Å². The van der Waals surface area contributed by atoms with E-state index in [-0.39, 0.29) is 6.04 Å². The van der Waals surface area contributed by atoms with Gasteiger partial charge in [-0.3, -0.25) is 0 Å². The van der Waals surface area contributed by atoms with Gasteiger partial charge in [0.15, 0.2) is 16.6 Å². The van der Waals surface area contributed by atoms with Gasteiger partial charge in [0.25, 0.3) is 0 Å². The monoisotopic (exact) mass is 314 g/mol. The third-order valence-electron chi connectivity index (χ3n) is 3.45. The molecule has 1 aliphatic heterocycles. The van der Waals surface area contributed by atoms with E-state index in [9.17, 15) is 0 Å². The SMILES string of the molecule is C[C@@H](NC(=S)Nc1ccccc1)c1ccc2c(c1)OCCO2. The molecule has 0 bridgehead atoms. The molecule has 1 atom stereocenters. The van der Waals surface area contributed by atoms with Gasteiger partial charge in [-0.2, -0.15) is 0 Å². The van der Waals surface area contributed by atoms with Gasteiger partial charge >= 0.3 is 0 Å². The number of benzene rings is 2. The van der Waals surface area contributed by atoms with Crippen LogP contribution in [0.4, 0.5) is 5.69 Å². The molecule has 4 nitrogen and oxygen atoms in total. The predicted molar refractivity (Wildman–Crippen MR) is 91.6 cm³/mol. The lowest BCUT2D eigenvalue weighted by molar-refractivity contribution is 0.171. The molecule has 0 fully saturated rings. The van der Waals surface area contributed by atoms with Crippen molar-refractivity contribution in [1.29, 1.82) is 0 Å². The van der Waals surface area contributed by atoms with E-state index in [0.29, 0.717) is 18.3 Å². The zero-order valence-electron chi connectivity index (χ0n) is 12.3. The number of fused-ring (bicyclic) bond motifs is 1. The number of anilines is 1. The summed E-state index contributed by atoms with van der Waals surface area (Å²) >= 11 is 5.36. The van der Waals surface area contributed by atoms with Crippen molar-refractivity contribution in [2.24, 2.45) is 0 Å². The highest BCUT2D eigenvalue weighted by Crippen LogP contribution is 2.32. The first-order chi connectivity index (χ1) is 10.7. The molecule has 1 heterocycles. The molecule has 0 spiro atoms. The summed E-state index contributed by atoms with van der Waals surface area (Å²) in [6.07, 6.45) is 0. The second-order valence-electron chi connectivity index (χ2n) is 5.09. The first kappa shape index (κ1) is 14.7. The number of para-hydroxylation sites is 1. The molecule has 0 radical (unpaired) electrons. The van der Waals surface area contributed by atoms with E-state index in [1.165, 1.54) is 0 Å². The van der Waals surface area contributed by atoms with Gasteiger partial charge in [0.2, 0.25) is 0 Å². The molecule has 3 rings (SSSR count). The van der Waals surface area contributed by atoms with Crippen LogP contribution in [0.3, 0.4) is 0 Å². The molecule has 0 unspecified atom stereocenters. The quantitative estimate of drug-likeness (QED) is 0.849. The van der Waals surface area contributed by atoms with Crippen LogP contribution in [-0.4, -0.2) is 18.3 Å². The van der Waals surface area contributed by atoms with Crippen molar-refractivity contribution in [1.82, 2.24) is 5.32 Å². The Morgan fingerprint density at radius 1 is 1.05 bits per heavy atom. The molecule has 2 aromatic rings. The molecule has 0 aromatic heterocycles. The topological polar surface area (TPSA) is 42.5 Å². The maximum atomic E-state index is 5.61. The minimum absolute atomic E-state index is 0.0690. The number of hydrogen-bond acceptors (Lipinski definition) is 3. The lowest BCUT2D eigenvalue weighted by Crippen LogP contribution is -2.31. The second-order valence-corrected chi connectivity index (χ2v) is 5.50. The van der Waals surface area contributed by atoms with E-state index in [0.717, 1.165) is 22.7 Å². The lowest BCUT2D eigenvalue weighted by atomic mass is 10.1. The summed E-state index contributed by atoms with van der Waals surface area (Å²) in [5.41, 5.74) is 2.07. The molecular weight excluding hydrogens is 296 g/mol. The van der Waals surface area contributed by atoms with Gasteiger partial charge in [-0.25, -0.2) is 0 Å². The fourth-order valence-corrected chi connectivity index (χ4v) is 2.59. The number of ether oxygens (including phenoxy) is 2. The average Bonchev–Trinajstić information content (AvgIpc) is 2.55.